The number of nitrogens with two attached hydrogens (primary N) is 1. The Kier molecular flexibility index (Phi) is 5.40. The molecule has 0 aliphatic rings. The summed E-state index contributed by atoms with van der Waals surface area (Å²) in [5.41, 5.74) is 0.584. The van der Waals surface area contributed by atoms with Crippen molar-refractivity contribution in [2.24, 2.45) is 5.14 Å². The lowest BCUT2D eigenvalue weighted by Crippen LogP contribution is -2.13. The van der Waals surface area contributed by atoms with Crippen molar-refractivity contribution in [1.82, 2.24) is 9.97 Å². The Labute approximate surface area is 150 Å². The highest BCUT2D eigenvalue weighted by molar-refractivity contribution is 8.01. The molecule has 0 radical (unpaired) electrons. The number of fused-ring (bicyclic) bond motifs is 1. The van der Waals surface area contributed by atoms with Gasteiger partial charge < -0.3 is 0 Å². The molecule has 8 nitrogen and oxygen atoms in total. The van der Waals surface area contributed by atoms with E-state index in [4.69, 9.17) is 5.14 Å². The quantitative estimate of drug-likeness (QED) is 0.522. The van der Waals surface area contributed by atoms with E-state index in [-0.39, 0.29) is 23.0 Å². The van der Waals surface area contributed by atoms with Gasteiger partial charge in [-0.25, -0.2) is 18.5 Å². The first-order valence-corrected chi connectivity index (χ1v) is 9.22. The fraction of sp³-hybridized carbons (Fsp3) is 0. The fourth-order valence-electron chi connectivity index (χ4n) is 1.81. The van der Waals surface area contributed by atoms with Crippen LogP contribution in [0.4, 0.5) is 5.69 Å². The monoisotopic (exact) mass is 404 g/mol. The number of nitrogens with zero attached hydrogens (tertiary/aromatic N) is 3. The molecule has 1 aromatic carbocycles. The summed E-state index contributed by atoms with van der Waals surface area (Å²) in [6.45, 7) is 0. The molecule has 0 aliphatic heterocycles. The van der Waals surface area contributed by atoms with Crippen molar-refractivity contribution in [1.29, 1.82) is 0 Å². The average molecular weight is 405 g/mol. The van der Waals surface area contributed by atoms with E-state index in [1.54, 1.807) is 6.07 Å². The largest absolute Gasteiger partial charge is 0.270 e. The Balaban J connectivity index is 0.00000208. The summed E-state index contributed by atoms with van der Waals surface area (Å²) in [6.07, 6.45) is 2.63. The number of pyridine rings is 1. The maximum atomic E-state index is 11.6. The molecule has 0 amide bonds. The number of sulfonamides is 1. The van der Waals surface area contributed by atoms with E-state index < -0.39 is 14.9 Å². The second-order valence-electron chi connectivity index (χ2n) is 4.36. The van der Waals surface area contributed by atoms with Gasteiger partial charge in [0.25, 0.3) is 5.69 Å². The van der Waals surface area contributed by atoms with Crippen LogP contribution in [0.1, 0.15) is 0 Å². The molecular formula is C12H9ClN4O4S3. The van der Waals surface area contributed by atoms with Gasteiger partial charge in [-0.15, -0.1) is 23.7 Å². The van der Waals surface area contributed by atoms with Gasteiger partial charge in [-0.05, 0) is 12.1 Å². The summed E-state index contributed by atoms with van der Waals surface area (Å²) < 4.78 is 24.3. The van der Waals surface area contributed by atoms with E-state index in [1.807, 2.05) is 0 Å². The smallest absolute Gasteiger partial charge is 0.263 e. The van der Waals surface area contributed by atoms with Crippen LogP contribution in [-0.4, -0.2) is 23.3 Å². The topological polar surface area (TPSA) is 129 Å². The second-order valence-corrected chi connectivity index (χ2v) is 8.21. The maximum Gasteiger partial charge on any atom is 0.270 e. The molecule has 12 heteroatoms. The van der Waals surface area contributed by atoms with Crippen LogP contribution in [0, 0.1) is 10.1 Å². The first-order chi connectivity index (χ1) is 10.8. The lowest BCUT2D eigenvalue weighted by Gasteiger charge is -2.03. The van der Waals surface area contributed by atoms with Gasteiger partial charge in [0.1, 0.15) is 4.90 Å². The van der Waals surface area contributed by atoms with Gasteiger partial charge in [0.05, 0.1) is 15.1 Å². The van der Waals surface area contributed by atoms with Crippen molar-refractivity contribution in [2.75, 3.05) is 0 Å². The number of primary sulfonamides is 1. The average Bonchev–Trinajstić information content (AvgIpc) is 2.87. The molecule has 0 aliphatic carbocycles. The zero-order chi connectivity index (χ0) is 16.6. The third-order valence-corrected chi connectivity index (χ3v) is 6.04. The zero-order valence-electron chi connectivity index (χ0n) is 11.6. The summed E-state index contributed by atoms with van der Waals surface area (Å²) >= 11 is 2.35. The number of benzene rings is 1. The van der Waals surface area contributed by atoms with Crippen LogP contribution >= 0.6 is 35.5 Å². The molecule has 126 valence electrons. The van der Waals surface area contributed by atoms with Gasteiger partial charge in [-0.3, -0.25) is 15.1 Å². The molecule has 0 bridgehead atoms. The van der Waals surface area contributed by atoms with Gasteiger partial charge >= 0.3 is 0 Å². The normalized spacial score (nSPS) is 11.2. The van der Waals surface area contributed by atoms with E-state index in [0.29, 0.717) is 19.5 Å². The van der Waals surface area contributed by atoms with Crippen LogP contribution in [0.15, 0.2) is 50.8 Å². The number of thiazole rings is 1. The number of rotatable bonds is 4. The number of hydrogen-bond acceptors (Lipinski definition) is 8. The van der Waals surface area contributed by atoms with E-state index in [9.17, 15) is 18.5 Å². The number of hydrogen-bond donors (Lipinski definition) is 1. The zero-order valence-corrected chi connectivity index (χ0v) is 14.9. The van der Waals surface area contributed by atoms with Crippen molar-refractivity contribution in [3.63, 3.8) is 0 Å². The Morgan fingerprint density at radius 1 is 1.29 bits per heavy atom. The molecule has 0 atom stereocenters. The molecule has 24 heavy (non-hydrogen) atoms. The summed E-state index contributed by atoms with van der Waals surface area (Å²) in [5.74, 6) is 0. The summed E-state index contributed by atoms with van der Waals surface area (Å²) in [5, 5.41) is 16.0. The van der Waals surface area contributed by atoms with Crippen LogP contribution in [0.3, 0.4) is 0 Å². The Hall–Kier alpha value is -1.79. The Morgan fingerprint density at radius 3 is 2.71 bits per heavy atom. The fourth-order valence-corrected chi connectivity index (χ4v) is 4.89. The standard InChI is InChI=1S/C12H8N4O4S3.ClH/c13-23(19,20)11-6-14-4-3-9(11)21-12-15-8-2-1-7(16(17)18)5-10(8)22-12;/h1-6H,(H2,13,19,20);1H. The first-order valence-electron chi connectivity index (χ1n) is 6.04. The number of nitro groups is 1. The molecule has 3 rings (SSSR count). The molecule has 2 aromatic heterocycles. The summed E-state index contributed by atoms with van der Waals surface area (Å²) in [7, 11) is -3.90. The first kappa shape index (κ1) is 18.5. The third kappa shape index (κ3) is 3.82. The SMILES string of the molecule is Cl.NS(=O)(=O)c1cnccc1Sc1nc2ccc([N+](=O)[O-])cc2s1. The molecule has 0 unspecified atom stereocenters. The predicted molar refractivity (Wildman–Crippen MR) is 93.3 cm³/mol. The minimum atomic E-state index is -3.90. The van der Waals surface area contributed by atoms with Crippen LogP contribution in [0.2, 0.25) is 0 Å². The predicted octanol–water partition coefficient (Wildman–Crippen LogP) is 2.82. The molecule has 0 spiro atoms. The highest BCUT2D eigenvalue weighted by Gasteiger charge is 2.17. The van der Waals surface area contributed by atoms with Gasteiger partial charge in [0.15, 0.2) is 4.34 Å². The minimum absolute atomic E-state index is 0. The molecule has 0 saturated heterocycles. The Morgan fingerprint density at radius 2 is 2.04 bits per heavy atom. The van der Waals surface area contributed by atoms with Crippen LogP contribution < -0.4 is 5.14 Å². The third-order valence-electron chi connectivity index (χ3n) is 2.81. The van der Waals surface area contributed by atoms with E-state index >= 15 is 0 Å². The molecule has 3 aromatic rings. The molecule has 0 fully saturated rings. The van der Waals surface area contributed by atoms with Gasteiger partial charge in [0.2, 0.25) is 10.0 Å². The van der Waals surface area contributed by atoms with Crippen molar-refractivity contribution in [3.8, 4) is 0 Å². The molecular weight excluding hydrogens is 396 g/mol. The Bertz CT molecular complexity index is 1020. The van der Waals surface area contributed by atoms with Gasteiger partial charge in [-0.1, -0.05) is 11.8 Å². The minimum Gasteiger partial charge on any atom is -0.263 e. The van der Waals surface area contributed by atoms with Crippen LogP contribution in [0.5, 0.6) is 0 Å². The number of non-ortho nitro benzene ring substituents is 1. The van der Waals surface area contributed by atoms with Crippen molar-refractivity contribution >= 4 is 61.4 Å². The van der Waals surface area contributed by atoms with Crippen molar-refractivity contribution in [3.05, 3.63) is 46.8 Å². The number of halogens is 1. The molecule has 0 saturated carbocycles. The highest BCUT2D eigenvalue weighted by atomic mass is 35.5. The second kappa shape index (κ2) is 6.99. The number of nitro benzene ring substituents is 1. The van der Waals surface area contributed by atoms with Crippen molar-refractivity contribution in [2.45, 2.75) is 14.1 Å². The molecule has 2 heterocycles. The van der Waals surface area contributed by atoms with E-state index in [1.165, 1.54) is 41.9 Å². The van der Waals surface area contributed by atoms with Crippen molar-refractivity contribution < 1.29 is 13.3 Å². The molecule has 2 N–H and O–H groups in total. The van der Waals surface area contributed by atoms with Crippen LogP contribution in [-0.2, 0) is 10.0 Å². The van der Waals surface area contributed by atoms with E-state index in [2.05, 4.69) is 9.97 Å². The number of aromatic nitrogens is 2. The maximum absolute atomic E-state index is 11.6. The lowest BCUT2D eigenvalue weighted by molar-refractivity contribution is -0.384. The van der Waals surface area contributed by atoms with E-state index in [0.717, 1.165) is 11.8 Å². The lowest BCUT2D eigenvalue weighted by atomic mass is 10.3. The van der Waals surface area contributed by atoms with Gasteiger partial charge in [-0.2, -0.15) is 0 Å². The van der Waals surface area contributed by atoms with Crippen LogP contribution in [0.25, 0.3) is 10.2 Å². The highest BCUT2D eigenvalue weighted by Crippen LogP contribution is 2.37. The summed E-state index contributed by atoms with van der Waals surface area (Å²) in [6, 6.07) is 5.89. The van der Waals surface area contributed by atoms with Gasteiger partial charge in [0, 0.05) is 29.4 Å². The summed E-state index contributed by atoms with van der Waals surface area (Å²) in [4.78, 5) is 18.7.